The summed E-state index contributed by atoms with van der Waals surface area (Å²) in [6.07, 6.45) is 0.666. The van der Waals surface area contributed by atoms with Crippen molar-refractivity contribution in [1.82, 2.24) is 10.0 Å². The first-order chi connectivity index (χ1) is 13.2. The minimum absolute atomic E-state index is 0.0210. The van der Waals surface area contributed by atoms with Crippen LogP contribution in [0.25, 0.3) is 0 Å². The van der Waals surface area contributed by atoms with Crippen molar-refractivity contribution in [3.63, 3.8) is 0 Å². The second-order valence-corrected chi connectivity index (χ2v) is 8.29. The van der Waals surface area contributed by atoms with Crippen molar-refractivity contribution in [3.05, 3.63) is 58.9 Å². The fourth-order valence-electron chi connectivity index (χ4n) is 2.35. The van der Waals surface area contributed by atoms with Gasteiger partial charge in [-0.2, -0.15) is 0 Å². The van der Waals surface area contributed by atoms with Crippen LogP contribution >= 0.6 is 11.6 Å². The number of hydrogen-bond donors (Lipinski definition) is 2. The smallest absolute Gasteiger partial charge is 0.258 e. The molecule has 6 nitrogen and oxygen atoms in total. The monoisotopic (exact) mass is 428 g/mol. The van der Waals surface area contributed by atoms with Gasteiger partial charge in [-0.05, 0) is 49.2 Å². The molecule has 0 saturated carbocycles. The minimum Gasteiger partial charge on any atom is -0.482 e. The van der Waals surface area contributed by atoms with E-state index in [1.165, 1.54) is 30.3 Å². The summed E-state index contributed by atoms with van der Waals surface area (Å²) in [5.41, 5.74) is 0.752. The lowest BCUT2D eigenvalue weighted by Gasteiger charge is -2.15. The van der Waals surface area contributed by atoms with Gasteiger partial charge in [-0.25, -0.2) is 17.5 Å². The molecule has 0 aliphatic carbocycles. The molecular weight excluding hydrogens is 407 g/mol. The Hall–Kier alpha value is -2.16. The fraction of sp³-hybridized carbons (Fsp3) is 0.316. The van der Waals surface area contributed by atoms with Crippen LogP contribution in [0.1, 0.15) is 31.9 Å². The number of ether oxygens (including phenoxy) is 1. The number of benzene rings is 2. The average molecular weight is 429 g/mol. The van der Waals surface area contributed by atoms with Gasteiger partial charge in [0, 0.05) is 6.54 Å². The first kappa shape index (κ1) is 22.1. The molecule has 2 aromatic carbocycles. The largest absolute Gasteiger partial charge is 0.482 e. The van der Waals surface area contributed by atoms with Crippen LogP contribution in [-0.4, -0.2) is 27.5 Å². The van der Waals surface area contributed by atoms with E-state index in [4.69, 9.17) is 16.3 Å². The molecule has 2 N–H and O–H groups in total. The predicted molar refractivity (Wildman–Crippen MR) is 105 cm³/mol. The molecule has 1 atom stereocenters. The van der Waals surface area contributed by atoms with Crippen molar-refractivity contribution in [2.45, 2.75) is 31.2 Å². The van der Waals surface area contributed by atoms with Crippen LogP contribution in [0.3, 0.4) is 0 Å². The van der Waals surface area contributed by atoms with Gasteiger partial charge in [0.05, 0.1) is 16.0 Å². The van der Waals surface area contributed by atoms with Crippen molar-refractivity contribution in [3.8, 4) is 5.75 Å². The van der Waals surface area contributed by atoms with Gasteiger partial charge >= 0.3 is 0 Å². The van der Waals surface area contributed by atoms with Gasteiger partial charge in [0.1, 0.15) is 11.6 Å². The maximum Gasteiger partial charge on any atom is 0.258 e. The second-order valence-electron chi connectivity index (χ2n) is 6.12. The lowest BCUT2D eigenvalue weighted by Crippen LogP contribution is -2.31. The van der Waals surface area contributed by atoms with E-state index < -0.39 is 15.9 Å². The van der Waals surface area contributed by atoms with Gasteiger partial charge in [0.2, 0.25) is 10.0 Å². The van der Waals surface area contributed by atoms with E-state index in [1.807, 2.05) is 6.92 Å². The molecule has 0 spiro atoms. The summed E-state index contributed by atoms with van der Waals surface area (Å²) in [5, 5.41) is 2.81. The van der Waals surface area contributed by atoms with Gasteiger partial charge in [-0.1, -0.05) is 30.7 Å². The van der Waals surface area contributed by atoms with E-state index in [2.05, 4.69) is 10.0 Å². The fourth-order valence-corrected chi connectivity index (χ4v) is 3.81. The first-order valence-electron chi connectivity index (χ1n) is 8.69. The van der Waals surface area contributed by atoms with Crippen molar-refractivity contribution >= 4 is 27.5 Å². The molecule has 0 unspecified atom stereocenters. The maximum atomic E-state index is 13.0. The Bertz CT molecular complexity index is 920. The summed E-state index contributed by atoms with van der Waals surface area (Å²) in [6, 6.07) is 9.52. The third-order valence-electron chi connectivity index (χ3n) is 3.86. The molecule has 9 heteroatoms. The van der Waals surface area contributed by atoms with Crippen LogP contribution in [-0.2, 0) is 14.8 Å². The zero-order valence-corrected chi connectivity index (χ0v) is 17.1. The number of halogens is 2. The zero-order chi connectivity index (χ0) is 20.7. The molecule has 0 saturated heterocycles. The van der Waals surface area contributed by atoms with E-state index in [1.54, 1.807) is 19.1 Å². The highest BCUT2D eigenvalue weighted by Gasteiger charge is 2.16. The molecule has 0 aliphatic heterocycles. The van der Waals surface area contributed by atoms with Crippen LogP contribution in [0, 0.1) is 5.82 Å². The lowest BCUT2D eigenvalue weighted by molar-refractivity contribution is -0.123. The number of nitrogens with one attached hydrogen (secondary N) is 2. The number of amides is 1. The summed E-state index contributed by atoms with van der Waals surface area (Å²) in [5.74, 6) is -0.550. The standard InChI is InChI=1S/C19H22ClFN2O4S/c1-3-10-22-28(25,26)16-8-9-18(17(20)11-16)27-12-19(24)23-13(2)14-4-6-15(21)7-5-14/h4-9,11,13,22H,3,10,12H2,1-2H3,(H,23,24)/t13-/m0/s1. The van der Waals surface area contributed by atoms with E-state index in [0.717, 1.165) is 5.56 Å². The second kappa shape index (κ2) is 9.86. The molecule has 2 rings (SSSR count). The molecule has 0 aliphatic rings. The summed E-state index contributed by atoms with van der Waals surface area (Å²) in [4.78, 5) is 12.1. The number of hydrogen-bond acceptors (Lipinski definition) is 4. The number of sulfonamides is 1. The maximum absolute atomic E-state index is 13.0. The number of rotatable bonds is 9. The van der Waals surface area contributed by atoms with Crippen molar-refractivity contribution in [2.24, 2.45) is 0 Å². The van der Waals surface area contributed by atoms with Crippen molar-refractivity contribution < 1.29 is 22.3 Å². The number of carbonyl (C=O) groups excluding carboxylic acids is 1. The van der Waals surface area contributed by atoms with E-state index in [-0.39, 0.29) is 34.1 Å². The lowest BCUT2D eigenvalue weighted by atomic mass is 10.1. The summed E-state index contributed by atoms with van der Waals surface area (Å²) < 4.78 is 45.0. The summed E-state index contributed by atoms with van der Waals surface area (Å²) in [7, 11) is -3.64. The molecular formula is C19H22ClFN2O4S. The first-order valence-corrected chi connectivity index (χ1v) is 10.6. The van der Waals surface area contributed by atoms with Gasteiger partial charge in [0.15, 0.2) is 6.61 Å². The van der Waals surface area contributed by atoms with Crippen molar-refractivity contribution in [1.29, 1.82) is 0 Å². The van der Waals surface area contributed by atoms with Gasteiger partial charge in [-0.3, -0.25) is 4.79 Å². The van der Waals surface area contributed by atoms with Crippen LogP contribution in [0.15, 0.2) is 47.4 Å². The Kier molecular flexibility index (Phi) is 7.79. The van der Waals surface area contributed by atoms with E-state index in [9.17, 15) is 17.6 Å². The summed E-state index contributed by atoms with van der Waals surface area (Å²) >= 11 is 6.08. The van der Waals surface area contributed by atoms with E-state index >= 15 is 0 Å². The Morgan fingerprint density at radius 3 is 2.50 bits per heavy atom. The zero-order valence-electron chi connectivity index (χ0n) is 15.5. The quantitative estimate of drug-likeness (QED) is 0.640. The molecule has 0 fully saturated rings. The summed E-state index contributed by atoms with van der Waals surface area (Å²) in [6.45, 7) is 3.64. The molecule has 1 amide bonds. The molecule has 0 aromatic heterocycles. The third kappa shape index (κ3) is 6.19. The van der Waals surface area contributed by atoms with Crippen molar-refractivity contribution in [2.75, 3.05) is 13.2 Å². The molecule has 0 bridgehead atoms. The Balaban J connectivity index is 1.94. The number of carbonyl (C=O) groups is 1. The third-order valence-corrected chi connectivity index (χ3v) is 5.62. The van der Waals surface area contributed by atoms with Gasteiger partial charge in [-0.15, -0.1) is 0 Å². The molecule has 0 radical (unpaired) electrons. The average Bonchev–Trinajstić information content (AvgIpc) is 2.65. The van der Waals surface area contributed by atoms with Crippen LogP contribution in [0.2, 0.25) is 5.02 Å². The SMILES string of the molecule is CCCNS(=O)(=O)c1ccc(OCC(=O)N[C@@H](C)c2ccc(F)cc2)c(Cl)c1. The Labute approximate surface area is 169 Å². The van der Waals surface area contributed by atoms with Gasteiger partial charge in [0.25, 0.3) is 5.91 Å². The molecule has 2 aromatic rings. The van der Waals surface area contributed by atoms with Crippen LogP contribution < -0.4 is 14.8 Å². The molecule has 152 valence electrons. The highest BCUT2D eigenvalue weighted by atomic mass is 35.5. The van der Waals surface area contributed by atoms with Gasteiger partial charge < -0.3 is 10.1 Å². The van der Waals surface area contributed by atoms with E-state index in [0.29, 0.717) is 13.0 Å². The molecule has 28 heavy (non-hydrogen) atoms. The topological polar surface area (TPSA) is 84.5 Å². The minimum atomic E-state index is -3.64. The highest BCUT2D eigenvalue weighted by molar-refractivity contribution is 7.89. The predicted octanol–water partition coefficient (Wildman–Crippen LogP) is 3.42. The Morgan fingerprint density at radius 1 is 1.21 bits per heavy atom. The highest BCUT2D eigenvalue weighted by Crippen LogP contribution is 2.27. The van der Waals surface area contributed by atoms with Crippen LogP contribution in [0.5, 0.6) is 5.75 Å². The Morgan fingerprint density at radius 2 is 1.89 bits per heavy atom. The normalized spacial score (nSPS) is 12.4. The van der Waals surface area contributed by atoms with Crippen LogP contribution in [0.4, 0.5) is 4.39 Å². The molecule has 0 heterocycles.